The van der Waals surface area contributed by atoms with Crippen LogP contribution in [0, 0.1) is 6.92 Å². The number of rotatable bonds is 4. The lowest BCUT2D eigenvalue weighted by Gasteiger charge is -2.20. The molecule has 6 nitrogen and oxygen atoms in total. The Bertz CT molecular complexity index is 912. The lowest BCUT2D eigenvalue weighted by Crippen LogP contribution is -2.19. The summed E-state index contributed by atoms with van der Waals surface area (Å²) in [6.45, 7) is 6.72. The van der Waals surface area contributed by atoms with E-state index in [4.69, 9.17) is 9.72 Å². The molecule has 6 heteroatoms. The van der Waals surface area contributed by atoms with Crippen LogP contribution in [0.25, 0.3) is 22.3 Å². The average Bonchev–Trinajstić information content (AvgIpc) is 3.24. The van der Waals surface area contributed by atoms with Gasteiger partial charge in [0.2, 0.25) is 5.88 Å². The van der Waals surface area contributed by atoms with Gasteiger partial charge in [0.05, 0.1) is 29.2 Å². The minimum Gasteiger partial charge on any atom is -0.477 e. The first-order valence-corrected chi connectivity index (χ1v) is 8.86. The molecule has 1 aliphatic heterocycles. The topological polar surface area (TPSA) is 56.1 Å². The van der Waals surface area contributed by atoms with Crippen LogP contribution in [-0.2, 0) is 7.05 Å². The maximum Gasteiger partial charge on any atom is 0.222 e. The van der Waals surface area contributed by atoms with Crippen LogP contribution in [0.15, 0.2) is 24.4 Å². The molecule has 0 aliphatic carbocycles. The van der Waals surface area contributed by atoms with Crippen LogP contribution in [0.1, 0.15) is 25.5 Å². The van der Waals surface area contributed by atoms with Crippen LogP contribution >= 0.6 is 0 Å². The number of hydrogen-bond acceptors (Lipinski definition) is 5. The van der Waals surface area contributed by atoms with Crippen LogP contribution in [0.4, 0.5) is 5.69 Å². The summed E-state index contributed by atoms with van der Waals surface area (Å²) in [6.07, 6.45) is 4.21. The van der Waals surface area contributed by atoms with E-state index in [1.807, 2.05) is 37.7 Å². The van der Waals surface area contributed by atoms with Crippen LogP contribution in [0.3, 0.4) is 0 Å². The first kappa shape index (κ1) is 15.9. The van der Waals surface area contributed by atoms with Crippen LogP contribution < -0.4 is 9.64 Å². The molecule has 0 unspecified atom stereocenters. The summed E-state index contributed by atoms with van der Waals surface area (Å²) in [7, 11) is 1.99. The summed E-state index contributed by atoms with van der Waals surface area (Å²) in [4.78, 5) is 11.7. The van der Waals surface area contributed by atoms with Crippen molar-refractivity contribution in [3.8, 4) is 17.1 Å². The van der Waals surface area contributed by atoms with E-state index in [0.29, 0.717) is 12.5 Å². The third kappa shape index (κ3) is 2.71. The Hall–Kier alpha value is -2.63. The van der Waals surface area contributed by atoms with Crippen molar-refractivity contribution in [2.24, 2.45) is 7.05 Å². The van der Waals surface area contributed by atoms with Gasteiger partial charge < -0.3 is 9.64 Å². The molecule has 1 aliphatic rings. The lowest BCUT2D eigenvalue weighted by atomic mass is 10.1. The summed E-state index contributed by atoms with van der Waals surface area (Å²) < 4.78 is 7.66. The molecule has 0 saturated carbocycles. The van der Waals surface area contributed by atoms with E-state index in [1.165, 1.54) is 18.5 Å². The molecule has 4 heterocycles. The van der Waals surface area contributed by atoms with Gasteiger partial charge in [0.15, 0.2) is 0 Å². The zero-order chi connectivity index (χ0) is 17.4. The second-order valence-electron chi connectivity index (χ2n) is 6.42. The zero-order valence-electron chi connectivity index (χ0n) is 15.0. The van der Waals surface area contributed by atoms with Gasteiger partial charge in [-0.05, 0) is 44.9 Å². The summed E-state index contributed by atoms with van der Waals surface area (Å²) in [5.41, 5.74) is 6.02. The van der Waals surface area contributed by atoms with E-state index in [-0.39, 0.29) is 0 Å². The van der Waals surface area contributed by atoms with E-state index in [9.17, 15) is 0 Å². The first-order valence-electron chi connectivity index (χ1n) is 8.86. The predicted molar refractivity (Wildman–Crippen MR) is 99.1 cm³/mol. The molecule has 0 spiro atoms. The molecule has 0 aromatic carbocycles. The number of nitrogens with zero attached hydrogens (tertiary/aromatic N) is 5. The highest BCUT2D eigenvalue weighted by atomic mass is 16.5. The second kappa shape index (κ2) is 6.35. The normalized spacial score (nSPS) is 14.4. The molecule has 4 rings (SSSR count). The number of ether oxygens (including phenoxy) is 1. The molecule has 0 N–H and O–H groups in total. The van der Waals surface area contributed by atoms with Crippen molar-refractivity contribution in [2.45, 2.75) is 26.7 Å². The van der Waals surface area contributed by atoms with Crippen LogP contribution in [0.2, 0.25) is 0 Å². The van der Waals surface area contributed by atoms with E-state index < -0.39 is 0 Å². The average molecular weight is 337 g/mol. The Morgan fingerprint density at radius 3 is 2.80 bits per heavy atom. The molecule has 1 fully saturated rings. The molecule has 0 bridgehead atoms. The molecule has 1 saturated heterocycles. The standard InChI is InChI=1S/C19H23N5O/c1-4-25-19-14(8-7-9-20-19)15-12-16(24-10-5-6-11-24)18-17(21-15)13(2)22-23(18)3/h7-9,12H,4-6,10-11H2,1-3H3. The molecule has 0 atom stereocenters. The van der Waals surface area contributed by atoms with Gasteiger partial charge in [-0.1, -0.05) is 0 Å². The smallest absolute Gasteiger partial charge is 0.222 e. The highest BCUT2D eigenvalue weighted by molar-refractivity contribution is 5.93. The van der Waals surface area contributed by atoms with Gasteiger partial charge in [0.25, 0.3) is 0 Å². The Balaban J connectivity index is 1.95. The van der Waals surface area contributed by atoms with Gasteiger partial charge >= 0.3 is 0 Å². The summed E-state index contributed by atoms with van der Waals surface area (Å²) in [5, 5.41) is 4.60. The summed E-state index contributed by atoms with van der Waals surface area (Å²) in [5.74, 6) is 0.630. The van der Waals surface area contributed by atoms with Gasteiger partial charge in [-0.15, -0.1) is 0 Å². The fourth-order valence-electron chi connectivity index (χ4n) is 3.59. The number of anilines is 1. The number of aryl methyl sites for hydroxylation is 2. The van der Waals surface area contributed by atoms with Gasteiger partial charge in [0, 0.05) is 26.3 Å². The minimum absolute atomic E-state index is 0.581. The van der Waals surface area contributed by atoms with E-state index in [0.717, 1.165) is 41.1 Å². The van der Waals surface area contributed by atoms with E-state index >= 15 is 0 Å². The number of hydrogen-bond donors (Lipinski definition) is 0. The van der Waals surface area contributed by atoms with Crippen molar-refractivity contribution in [2.75, 3.05) is 24.6 Å². The van der Waals surface area contributed by atoms with Crippen molar-refractivity contribution in [3.63, 3.8) is 0 Å². The predicted octanol–water partition coefficient (Wildman–Crippen LogP) is 3.34. The molecular weight excluding hydrogens is 314 g/mol. The Kier molecular flexibility index (Phi) is 4.03. The molecule has 130 valence electrons. The van der Waals surface area contributed by atoms with Crippen molar-refractivity contribution >= 4 is 16.7 Å². The van der Waals surface area contributed by atoms with E-state index in [1.54, 1.807) is 6.20 Å². The van der Waals surface area contributed by atoms with Crippen molar-refractivity contribution in [1.29, 1.82) is 0 Å². The number of pyridine rings is 2. The molecule has 0 amide bonds. The SMILES string of the molecule is CCOc1ncccc1-c1cc(N2CCCC2)c2c(n1)c(C)nn2C. The number of fused-ring (bicyclic) bond motifs is 1. The fourth-order valence-corrected chi connectivity index (χ4v) is 3.59. The Morgan fingerprint density at radius 1 is 1.24 bits per heavy atom. The molecular formula is C19H23N5O. The van der Waals surface area contributed by atoms with Gasteiger partial charge in [-0.25, -0.2) is 9.97 Å². The molecule has 3 aromatic heterocycles. The highest BCUT2D eigenvalue weighted by Gasteiger charge is 2.22. The molecule has 3 aromatic rings. The Morgan fingerprint density at radius 2 is 2.04 bits per heavy atom. The third-order valence-electron chi connectivity index (χ3n) is 4.71. The largest absolute Gasteiger partial charge is 0.477 e. The minimum atomic E-state index is 0.581. The summed E-state index contributed by atoms with van der Waals surface area (Å²) in [6, 6.07) is 6.11. The number of aromatic nitrogens is 4. The van der Waals surface area contributed by atoms with Gasteiger partial charge in [0.1, 0.15) is 11.0 Å². The molecule has 25 heavy (non-hydrogen) atoms. The quantitative estimate of drug-likeness (QED) is 0.731. The van der Waals surface area contributed by atoms with Gasteiger partial charge in [-0.2, -0.15) is 5.10 Å². The van der Waals surface area contributed by atoms with Crippen LogP contribution in [0.5, 0.6) is 5.88 Å². The monoisotopic (exact) mass is 337 g/mol. The maximum atomic E-state index is 5.72. The lowest BCUT2D eigenvalue weighted by molar-refractivity contribution is 0.328. The third-order valence-corrected chi connectivity index (χ3v) is 4.71. The molecule has 0 radical (unpaired) electrons. The van der Waals surface area contributed by atoms with Gasteiger partial charge in [-0.3, -0.25) is 4.68 Å². The zero-order valence-corrected chi connectivity index (χ0v) is 15.0. The van der Waals surface area contributed by atoms with Crippen LogP contribution in [-0.4, -0.2) is 39.4 Å². The van der Waals surface area contributed by atoms with E-state index in [2.05, 4.69) is 21.0 Å². The fraction of sp³-hybridized carbons (Fsp3) is 0.421. The Labute approximate surface area is 147 Å². The maximum absolute atomic E-state index is 5.72. The first-order chi connectivity index (χ1) is 12.2. The highest BCUT2D eigenvalue weighted by Crippen LogP contribution is 2.35. The summed E-state index contributed by atoms with van der Waals surface area (Å²) >= 11 is 0. The van der Waals surface area contributed by atoms with Crippen molar-refractivity contribution < 1.29 is 4.74 Å². The van der Waals surface area contributed by atoms with Crippen molar-refractivity contribution in [1.82, 2.24) is 19.7 Å². The second-order valence-corrected chi connectivity index (χ2v) is 6.42. The van der Waals surface area contributed by atoms with Crippen molar-refractivity contribution in [3.05, 3.63) is 30.1 Å².